The predicted molar refractivity (Wildman–Crippen MR) is 133 cm³/mol. The van der Waals surface area contributed by atoms with Crippen LogP contribution in [0.3, 0.4) is 0 Å². The van der Waals surface area contributed by atoms with Gasteiger partial charge in [-0.25, -0.2) is 0 Å². The van der Waals surface area contributed by atoms with E-state index in [1.54, 1.807) is 37.7 Å². The molecule has 6 heteroatoms. The zero-order chi connectivity index (χ0) is 23.8. The number of rotatable bonds is 10. The Morgan fingerprint density at radius 3 is 2.47 bits per heavy atom. The van der Waals surface area contributed by atoms with E-state index in [-0.39, 0.29) is 18.0 Å². The molecule has 0 bridgehead atoms. The minimum absolute atomic E-state index is 0.205. The van der Waals surface area contributed by atoms with Crippen LogP contribution in [0.4, 0.5) is 0 Å². The number of pyridine rings is 1. The summed E-state index contributed by atoms with van der Waals surface area (Å²) in [6.07, 6.45) is 11.3. The van der Waals surface area contributed by atoms with E-state index in [0.29, 0.717) is 23.7 Å². The van der Waals surface area contributed by atoms with Crippen LogP contribution in [0.15, 0.2) is 85.3 Å². The molecule has 0 spiro atoms. The molecule has 0 amide bonds. The lowest BCUT2D eigenvalue weighted by molar-refractivity contribution is -0.121. The maximum atomic E-state index is 12.3. The van der Waals surface area contributed by atoms with Gasteiger partial charge in [0.05, 0.1) is 19.0 Å². The van der Waals surface area contributed by atoms with Crippen molar-refractivity contribution in [1.82, 2.24) is 9.97 Å². The molecule has 0 aliphatic carbocycles. The van der Waals surface area contributed by atoms with Crippen LogP contribution in [0.2, 0.25) is 0 Å². The number of H-pyrrole nitrogens is 1. The molecule has 0 saturated carbocycles. The van der Waals surface area contributed by atoms with Gasteiger partial charge in [0.1, 0.15) is 18.1 Å². The van der Waals surface area contributed by atoms with Crippen molar-refractivity contribution < 1.29 is 19.1 Å². The smallest absolute Gasteiger partial charge is 0.163 e. The van der Waals surface area contributed by atoms with Crippen LogP contribution in [0.1, 0.15) is 23.1 Å². The number of nitrogens with one attached hydrogen (secondary N) is 1. The van der Waals surface area contributed by atoms with Crippen molar-refractivity contribution in [2.24, 2.45) is 0 Å². The van der Waals surface area contributed by atoms with E-state index >= 15 is 0 Å². The van der Waals surface area contributed by atoms with Gasteiger partial charge < -0.3 is 14.5 Å². The van der Waals surface area contributed by atoms with Crippen molar-refractivity contribution in [3.8, 4) is 11.5 Å². The number of para-hydroxylation sites is 1. The van der Waals surface area contributed by atoms with Crippen molar-refractivity contribution in [1.29, 1.82) is 0 Å². The van der Waals surface area contributed by atoms with Crippen molar-refractivity contribution >= 4 is 34.6 Å². The Bertz CT molecular complexity index is 1350. The van der Waals surface area contributed by atoms with E-state index < -0.39 is 0 Å². The molecule has 34 heavy (non-hydrogen) atoms. The fourth-order valence-corrected chi connectivity index (χ4v) is 3.47. The number of ketones is 2. The topological polar surface area (TPSA) is 81.3 Å². The van der Waals surface area contributed by atoms with Gasteiger partial charge >= 0.3 is 0 Å². The van der Waals surface area contributed by atoms with Gasteiger partial charge in [0.15, 0.2) is 11.6 Å². The molecule has 0 unspecified atom stereocenters. The number of benzene rings is 2. The fraction of sp³-hybridized carbons (Fsp3) is 0.107. The third kappa shape index (κ3) is 5.86. The van der Waals surface area contributed by atoms with E-state index in [0.717, 1.165) is 22.0 Å². The van der Waals surface area contributed by atoms with Gasteiger partial charge in [-0.3, -0.25) is 14.6 Å². The highest BCUT2D eigenvalue weighted by molar-refractivity contribution is 6.11. The number of fused-ring (bicyclic) bond motifs is 1. The number of allylic oxidation sites excluding steroid dienone is 2. The molecule has 6 nitrogen and oxygen atoms in total. The highest BCUT2D eigenvalue weighted by Crippen LogP contribution is 2.26. The van der Waals surface area contributed by atoms with Crippen molar-refractivity contribution in [2.45, 2.75) is 13.0 Å². The summed E-state index contributed by atoms with van der Waals surface area (Å²) in [4.78, 5) is 31.7. The van der Waals surface area contributed by atoms with Gasteiger partial charge in [-0.15, -0.1) is 0 Å². The van der Waals surface area contributed by atoms with Crippen LogP contribution in [-0.4, -0.2) is 28.6 Å². The summed E-state index contributed by atoms with van der Waals surface area (Å²) in [5.74, 6) is 0.675. The molecule has 2 aromatic carbocycles. The molecule has 2 aromatic heterocycles. The summed E-state index contributed by atoms with van der Waals surface area (Å²) in [6.45, 7) is 0.410. The van der Waals surface area contributed by atoms with Gasteiger partial charge in [-0.1, -0.05) is 18.2 Å². The van der Waals surface area contributed by atoms with Crippen LogP contribution in [0.5, 0.6) is 11.5 Å². The summed E-state index contributed by atoms with van der Waals surface area (Å²) in [6, 6.07) is 17.0. The maximum absolute atomic E-state index is 12.3. The number of aromatic amines is 1. The van der Waals surface area contributed by atoms with Crippen LogP contribution in [0, 0.1) is 0 Å². The van der Waals surface area contributed by atoms with Crippen LogP contribution in [-0.2, 0) is 16.2 Å². The second-order valence-electron chi connectivity index (χ2n) is 7.61. The molecule has 170 valence electrons. The second kappa shape index (κ2) is 10.9. The van der Waals surface area contributed by atoms with Gasteiger partial charge in [-0.05, 0) is 71.1 Å². The zero-order valence-electron chi connectivity index (χ0n) is 18.7. The summed E-state index contributed by atoms with van der Waals surface area (Å²) in [5, 5.41) is 1.07. The number of aromatic nitrogens is 2. The van der Waals surface area contributed by atoms with E-state index in [9.17, 15) is 9.59 Å². The number of hydrogen-bond acceptors (Lipinski definition) is 5. The molecule has 1 N–H and O–H groups in total. The average Bonchev–Trinajstić information content (AvgIpc) is 3.35. The molecule has 0 atom stereocenters. The molecule has 4 aromatic rings. The first-order valence-corrected chi connectivity index (χ1v) is 10.8. The minimum Gasteiger partial charge on any atom is -0.496 e. The summed E-state index contributed by atoms with van der Waals surface area (Å²) >= 11 is 0. The summed E-state index contributed by atoms with van der Waals surface area (Å²) in [5.41, 5.74) is 3.58. The molecule has 4 rings (SSSR count). The van der Waals surface area contributed by atoms with Crippen LogP contribution < -0.4 is 9.47 Å². The fourth-order valence-electron chi connectivity index (χ4n) is 3.47. The molecule has 0 aliphatic rings. The van der Waals surface area contributed by atoms with Crippen LogP contribution >= 0.6 is 0 Å². The number of hydrogen-bond donors (Lipinski definition) is 1. The molecule has 0 fully saturated rings. The lowest BCUT2D eigenvalue weighted by Crippen LogP contribution is -2.02. The molecule has 0 radical (unpaired) electrons. The Hall–Kier alpha value is -4.45. The minimum atomic E-state index is -0.284. The van der Waals surface area contributed by atoms with Crippen molar-refractivity contribution in [3.05, 3.63) is 102 Å². The molecule has 2 heterocycles. The van der Waals surface area contributed by atoms with E-state index in [1.165, 1.54) is 12.2 Å². The van der Waals surface area contributed by atoms with E-state index in [1.807, 2.05) is 54.7 Å². The Balaban J connectivity index is 1.35. The first kappa shape index (κ1) is 22.7. The Labute approximate surface area is 197 Å². The Kier molecular flexibility index (Phi) is 7.30. The number of ether oxygens (including phenoxy) is 2. The Morgan fingerprint density at radius 1 is 0.941 bits per heavy atom. The van der Waals surface area contributed by atoms with E-state index in [2.05, 4.69) is 9.97 Å². The predicted octanol–water partition coefficient (Wildman–Crippen LogP) is 5.41. The first-order valence-electron chi connectivity index (χ1n) is 10.8. The molecular weight excluding hydrogens is 428 g/mol. The standard InChI is InChI=1S/C28H24N2O4/c1-33-27-18-26(34-19-20-11-14-29-15-12-20)10-7-21(27)5-8-24(31)17-25(32)9-6-22-3-2-4-23-13-16-30-28(22)23/h2-16,18,30H,17,19H2,1H3/b8-5+,9-6+. The zero-order valence-corrected chi connectivity index (χ0v) is 18.7. The highest BCUT2D eigenvalue weighted by Gasteiger charge is 2.07. The Morgan fingerprint density at radius 2 is 1.71 bits per heavy atom. The maximum Gasteiger partial charge on any atom is 0.163 e. The average molecular weight is 453 g/mol. The number of carbonyl (C=O) groups is 2. The van der Waals surface area contributed by atoms with E-state index in [4.69, 9.17) is 9.47 Å². The summed E-state index contributed by atoms with van der Waals surface area (Å²) in [7, 11) is 1.56. The quantitative estimate of drug-likeness (QED) is 0.257. The molecular formula is C28H24N2O4. The van der Waals surface area contributed by atoms with Gasteiger partial charge in [0.25, 0.3) is 0 Å². The first-order chi connectivity index (χ1) is 16.6. The number of methoxy groups -OCH3 is 1. The second-order valence-corrected chi connectivity index (χ2v) is 7.61. The van der Waals surface area contributed by atoms with Crippen molar-refractivity contribution in [3.63, 3.8) is 0 Å². The SMILES string of the molecule is COc1cc(OCc2ccncc2)ccc1/C=C/C(=O)CC(=O)/C=C/c1cccc2cc[nH]c12. The molecule has 0 saturated heterocycles. The van der Waals surface area contributed by atoms with Gasteiger partial charge in [0.2, 0.25) is 0 Å². The highest BCUT2D eigenvalue weighted by atomic mass is 16.5. The summed E-state index contributed by atoms with van der Waals surface area (Å²) < 4.78 is 11.2. The largest absolute Gasteiger partial charge is 0.496 e. The number of carbonyl (C=O) groups excluding carboxylic acids is 2. The monoisotopic (exact) mass is 452 g/mol. The van der Waals surface area contributed by atoms with Gasteiger partial charge in [-0.2, -0.15) is 0 Å². The third-order valence-electron chi connectivity index (χ3n) is 5.23. The third-order valence-corrected chi connectivity index (χ3v) is 5.23. The molecule has 0 aliphatic heterocycles. The lowest BCUT2D eigenvalue weighted by atomic mass is 10.1. The normalized spacial score (nSPS) is 11.3. The lowest BCUT2D eigenvalue weighted by Gasteiger charge is -2.10. The van der Waals surface area contributed by atoms with Crippen LogP contribution in [0.25, 0.3) is 23.1 Å². The van der Waals surface area contributed by atoms with Crippen molar-refractivity contribution in [2.75, 3.05) is 7.11 Å². The number of nitrogens with zero attached hydrogens (tertiary/aromatic N) is 1. The van der Waals surface area contributed by atoms with Gasteiger partial charge in [0, 0.05) is 30.2 Å².